The van der Waals surface area contributed by atoms with Crippen LogP contribution >= 0.6 is 0 Å². The van der Waals surface area contributed by atoms with Crippen LogP contribution in [0.1, 0.15) is 30.5 Å². The molecule has 2 aliphatic carbocycles. The topological polar surface area (TPSA) is 21.3 Å². The smallest absolute Gasteiger partial charge is 0.0542 e. The fourth-order valence-electron chi connectivity index (χ4n) is 11.6. The lowest BCUT2D eigenvalue weighted by Gasteiger charge is -2.30. The van der Waals surface area contributed by atoms with E-state index >= 15 is 0 Å². The monoisotopic (exact) mass is 911 g/mol. The highest BCUT2D eigenvalue weighted by atomic mass is 15.2. The Kier molecular flexibility index (Phi) is 9.73. The van der Waals surface area contributed by atoms with E-state index in [0.717, 1.165) is 71.0 Å². The van der Waals surface area contributed by atoms with Crippen LogP contribution in [0.25, 0.3) is 77.7 Å². The molecule has 338 valence electrons. The maximum atomic E-state index is 2.52. The molecule has 12 aromatic rings. The highest BCUT2D eigenvalue weighted by Gasteiger charge is 2.27. The number of rotatable bonds is 9. The number of anilines is 5. The van der Waals surface area contributed by atoms with E-state index in [4.69, 9.17) is 0 Å². The molecule has 0 aliphatic heterocycles. The molecule has 3 aromatic heterocycles. The van der Waals surface area contributed by atoms with Crippen LogP contribution in [0.3, 0.4) is 0 Å². The summed E-state index contributed by atoms with van der Waals surface area (Å²) < 4.78 is 7.33. The number of nitrogens with zero attached hydrogens (tertiary/aromatic N) is 5. The Morgan fingerprint density at radius 3 is 1.34 bits per heavy atom. The molecule has 0 radical (unpaired) electrons. The van der Waals surface area contributed by atoms with Crippen LogP contribution in [0.4, 0.5) is 28.4 Å². The van der Waals surface area contributed by atoms with Crippen molar-refractivity contribution in [2.45, 2.75) is 25.7 Å². The fraction of sp³-hybridized carbons (Fsp3) is 0.0606. The highest BCUT2D eigenvalue weighted by molar-refractivity contribution is 6.13. The van der Waals surface area contributed by atoms with Crippen molar-refractivity contribution in [2.24, 2.45) is 0 Å². The average Bonchev–Trinajstić information content (AvgIpc) is 4.07. The van der Waals surface area contributed by atoms with Gasteiger partial charge in [-0.05, 0) is 153 Å². The lowest BCUT2D eigenvalue weighted by atomic mass is 9.97. The van der Waals surface area contributed by atoms with E-state index in [1.165, 1.54) is 71.6 Å². The van der Waals surface area contributed by atoms with Gasteiger partial charge in [0.2, 0.25) is 0 Å². The molecule has 0 saturated heterocycles. The first kappa shape index (κ1) is 41.0. The Balaban J connectivity index is 0.965. The second-order valence-corrected chi connectivity index (χ2v) is 18.8. The number of aromatic nitrogens is 3. The van der Waals surface area contributed by atoms with Gasteiger partial charge in [-0.15, -0.1) is 0 Å². The summed E-state index contributed by atoms with van der Waals surface area (Å²) in [5.41, 5.74) is 19.1. The predicted octanol–water partition coefficient (Wildman–Crippen LogP) is 17.6. The molecule has 5 nitrogen and oxygen atoms in total. The quantitative estimate of drug-likeness (QED) is 0.144. The van der Waals surface area contributed by atoms with Crippen molar-refractivity contribution in [3.8, 4) is 11.4 Å². The van der Waals surface area contributed by atoms with Gasteiger partial charge in [-0.3, -0.25) is 0 Å². The zero-order valence-electron chi connectivity index (χ0n) is 39.2. The molecule has 0 unspecified atom stereocenters. The molecule has 14 rings (SSSR count). The number of allylic oxidation sites excluding steroid dienone is 5. The average molecular weight is 912 g/mol. The molecule has 0 atom stereocenters. The predicted molar refractivity (Wildman–Crippen MR) is 299 cm³/mol. The number of hydrogen-bond acceptors (Lipinski definition) is 2. The van der Waals surface area contributed by atoms with Crippen LogP contribution < -0.4 is 9.80 Å². The number of para-hydroxylation sites is 6. The number of fused-ring (bicyclic) bond motifs is 9. The maximum absolute atomic E-state index is 2.52. The van der Waals surface area contributed by atoms with Crippen LogP contribution in [-0.2, 0) is 6.42 Å². The van der Waals surface area contributed by atoms with Crippen molar-refractivity contribution in [3.63, 3.8) is 0 Å². The number of benzene rings is 9. The molecule has 0 amide bonds. The standard InChI is InChI=1S/C66H49N5/c1-6-20-46(21-7-1)67(51-34-38-63-57(42-51)55-30-16-18-32-61(55)69(63)48-24-10-3-11-25-48)53-36-40-65-59(44-53)60-45-54(37-41-66(60)71(65)50-28-14-5-15-29-50)68(47-22-8-2-9-23-47)52-35-39-64-58(43-52)56-31-17-19-33-62(56)70(64)49-26-12-4-13-27-49/h1-3,5-12,14-34,36-38,40-45H,4,13,35,39H2. The summed E-state index contributed by atoms with van der Waals surface area (Å²) in [6, 6.07) is 82.0. The van der Waals surface area contributed by atoms with Gasteiger partial charge in [0, 0.05) is 89.4 Å². The van der Waals surface area contributed by atoms with Crippen molar-refractivity contribution >= 4 is 94.7 Å². The van der Waals surface area contributed by atoms with Gasteiger partial charge in [-0.25, -0.2) is 0 Å². The van der Waals surface area contributed by atoms with E-state index < -0.39 is 0 Å². The zero-order valence-corrected chi connectivity index (χ0v) is 39.2. The van der Waals surface area contributed by atoms with Crippen molar-refractivity contribution in [1.82, 2.24) is 13.7 Å². The second-order valence-electron chi connectivity index (χ2n) is 18.8. The lowest BCUT2D eigenvalue weighted by molar-refractivity contribution is 0.842. The van der Waals surface area contributed by atoms with Gasteiger partial charge in [-0.2, -0.15) is 0 Å². The van der Waals surface area contributed by atoms with E-state index in [1.807, 2.05) is 0 Å². The minimum atomic E-state index is 0.906. The molecule has 2 aliphatic rings. The summed E-state index contributed by atoms with van der Waals surface area (Å²) >= 11 is 0. The normalized spacial score (nSPS) is 13.5. The molecule has 71 heavy (non-hydrogen) atoms. The van der Waals surface area contributed by atoms with Gasteiger partial charge in [0.1, 0.15) is 0 Å². The molecular formula is C66H49N5. The largest absolute Gasteiger partial charge is 0.314 e. The Bertz CT molecular complexity index is 4100. The molecule has 0 fully saturated rings. The first-order chi connectivity index (χ1) is 35.2. The lowest BCUT2D eigenvalue weighted by Crippen LogP contribution is -2.19. The van der Waals surface area contributed by atoms with E-state index in [2.05, 4.69) is 272 Å². The van der Waals surface area contributed by atoms with Crippen LogP contribution in [0.15, 0.2) is 248 Å². The van der Waals surface area contributed by atoms with Crippen molar-refractivity contribution in [1.29, 1.82) is 0 Å². The second kappa shape index (κ2) is 16.9. The van der Waals surface area contributed by atoms with Gasteiger partial charge < -0.3 is 23.5 Å². The third-order valence-electron chi connectivity index (χ3n) is 14.7. The number of hydrogen-bond donors (Lipinski definition) is 0. The van der Waals surface area contributed by atoms with Crippen LogP contribution in [0.2, 0.25) is 0 Å². The van der Waals surface area contributed by atoms with E-state index in [1.54, 1.807) is 0 Å². The first-order valence-electron chi connectivity index (χ1n) is 24.9. The van der Waals surface area contributed by atoms with Crippen molar-refractivity contribution < 1.29 is 0 Å². The fourth-order valence-corrected chi connectivity index (χ4v) is 11.6. The van der Waals surface area contributed by atoms with Crippen LogP contribution in [0, 0.1) is 0 Å². The molecule has 0 bridgehead atoms. The van der Waals surface area contributed by atoms with Crippen LogP contribution in [-0.4, -0.2) is 13.7 Å². The summed E-state index contributed by atoms with van der Waals surface area (Å²) in [5, 5.41) is 6.13. The zero-order chi connectivity index (χ0) is 46.8. The van der Waals surface area contributed by atoms with Gasteiger partial charge in [0.15, 0.2) is 0 Å². The summed E-state index contributed by atoms with van der Waals surface area (Å²) in [7, 11) is 0. The van der Waals surface area contributed by atoms with Gasteiger partial charge >= 0.3 is 0 Å². The van der Waals surface area contributed by atoms with E-state index in [-0.39, 0.29) is 0 Å². The maximum Gasteiger partial charge on any atom is 0.0542 e. The van der Waals surface area contributed by atoms with E-state index in [9.17, 15) is 0 Å². The van der Waals surface area contributed by atoms with Crippen LogP contribution in [0.5, 0.6) is 0 Å². The van der Waals surface area contributed by atoms with Gasteiger partial charge in [-0.1, -0.05) is 121 Å². The molecule has 0 spiro atoms. The highest BCUT2D eigenvalue weighted by Crippen LogP contribution is 2.45. The molecular weight excluding hydrogens is 863 g/mol. The summed E-state index contributed by atoms with van der Waals surface area (Å²) in [4.78, 5) is 4.92. The molecule has 3 heterocycles. The minimum absolute atomic E-state index is 0.906. The first-order valence-corrected chi connectivity index (χ1v) is 24.9. The SMILES string of the molecule is C1=CC(n2c3c(c4ccccc42)C=C(N(c2ccccc2)c2ccc4c(c2)c2cc(N(c5ccccc5)c5ccc6c(c5)c5ccccc5n6-c5ccccc5)ccc2n4-c2ccccc2)CC3)=CCC1. The third kappa shape index (κ3) is 6.76. The Hall–Kier alpha value is -9.06. The Morgan fingerprint density at radius 2 is 0.789 bits per heavy atom. The summed E-state index contributed by atoms with van der Waals surface area (Å²) in [6.45, 7) is 0. The third-order valence-corrected chi connectivity index (χ3v) is 14.7. The molecule has 5 heteroatoms. The summed E-state index contributed by atoms with van der Waals surface area (Å²) in [5.74, 6) is 0. The summed E-state index contributed by atoms with van der Waals surface area (Å²) in [6.07, 6.45) is 13.5. The Labute approximate surface area is 413 Å². The Morgan fingerprint density at radius 1 is 0.338 bits per heavy atom. The molecule has 0 saturated carbocycles. The van der Waals surface area contributed by atoms with Crippen molar-refractivity contribution in [3.05, 3.63) is 260 Å². The van der Waals surface area contributed by atoms with E-state index in [0.29, 0.717) is 0 Å². The molecule has 0 N–H and O–H groups in total. The van der Waals surface area contributed by atoms with Crippen molar-refractivity contribution in [2.75, 3.05) is 9.80 Å². The van der Waals surface area contributed by atoms with Gasteiger partial charge in [0.05, 0.1) is 27.6 Å². The van der Waals surface area contributed by atoms with Gasteiger partial charge in [0.25, 0.3) is 0 Å². The minimum Gasteiger partial charge on any atom is -0.314 e. The molecule has 9 aromatic carbocycles.